The van der Waals surface area contributed by atoms with E-state index in [4.69, 9.17) is 33.2 Å². The van der Waals surface area contributed by atoms with Crippen molar-refractivity contribution in [2.75, 3.05) is 40.0 Å². The monoisotopic (exact) mass is 907 g/mol. The number of esters is 4. The summed E-state index contributed by atoms with van der Waals surface area (Å²) in [6.45, 7) is 24.3. The zero-order valence-electron chi connectivity index (χ0n) is 42.3. The first-order valence-electron chi connectivity index (χ1n) is 24.6. The fourth-order valence-corrected chi connectivity index (χ4v) is 5.61. The molecule has 63 heavy (non-hydrogen) atoms. The second-order valence-electron chi connectivity index (χ2n) is 15.5. The Balaban J connectivity index is -0.000000933. The third kappa shape index (κ3) is 43.1. The van der Waals surface area contributed by atoms with E-state index in [0.29, 0.717) is 38.5 Å². The maximum absolute atomic E-state index is 12.8. The minimum atomic E-state index is -1.33. The summed E-state index contributed by atoms with van der Waals surface area (Å²) < 4.78 is 39.0. The van der Waals surface area contributed by atoms with E-state index in [1.165, 1.54) is 58.3 Å². The minimum Gasteiger partial charge on any atom is -0.464 e. The van der Waals surface area contributed by atoms with Crippen LogP contribution in [0, 0.1) is 11.3 Å². The highest BCUT2D eigenvalue weighted by Gasteiger charge is 2.38. The standard InChI is InChI=1S/C40H72O12.C4H8.3C2H6.CH4/c1-6-8-10-12-14-16-18-20-36(42)47-26-35(27-48-37(43)21-19-17-15-13-11-9-7-2)51-31-46-30-50-33-22-24-34(25-23-33)52-39(45)40(5,28-41)29-49-38(44)32(3)4;1-3-4-2;3*1-2;/h32-35,41H,6-31H2,1-5H3;3-4H,1-2H3;3*1-2H3;1H4/b;4-3-;;;;. The van der Waals surface area contributed by atoms with Crippen molar-refractivity contribution in [2.45, 2.75) is 244 Å². The van der Waals surface area contributed by atoms with E-state index >= 15 is 0 Å². The van der Waals surface area contributed by atoms with E-state index in [-0.39, 0.29) is 70.9 Å². The van der Waals surface area contributed by atoms with Crippen molar-refractivity contribution in [3.8, 4) is 0 Å². The Morgan fingerprint density at radius 2 is 1.05 bits per heavy atom. The Morgan fingerprint density at radius 1 is 0.635 bits per heavy atom. The summed E-state index contributed by atoms with van der Waals surface area (Å²) in [5.41, 5.74) is -1.33. The number of hydrogen-bond donors (Lipinski definition) is 1. The Bertz CT molecular complexity index is 988. The second kappa shape index (κ2) is 52.1. The van der Waals surface area contributed by atoms with Gasteiger partial charge in [0.15, 0.2) is 0 Å². The average Bonchev–Trinajstić information content (AvgIpc) is 3.30. The number of aliphatic hydroxyl groups excluding tert-OH is 1. The minimum absolute atomic E-state index is 0. The molecule has 1 unspecified atom stereocenters. The summed E-state index contributed by atoms with van der Waals surface area (Å²) in [5.74, 6) is -1.97. The zero-order chi connectivity index (χ0) is 47.9. The van der Waals surface area contributed by atoms with Gasteiger partial charge in [0.05, 0.1) is 18.6 Å². The van der Waals surface area contributed by atoms with Gasteiger partial charge in [0.25, 0.3) is 0 Å². The number of unbranched alkanes of at least 4 members (excludes halogenated alkanes) is 12. The second-order valence-corrected chi connectivity index (χ2v) is 15.5. The molecule has 0 aromatic rings. The van der Waals surface area contributed by atoms with Crippen LogP contribution in [0.2, 0.25) is 0 Å². The van der Waals surface area contributed by atoms with E-state index in [2.05, 4.69) is 13.8 Å². The summed E-state index contributed by atoms with van der Waals surface area (Å²) in [6.07, 6.45) is 21.6. The van der Waals surface area contributed by atoms with Gasteiger partial charge in [-0.3, -0.25) is 19.2 Å². The van der Waals surface area contributed by atoms with Gasteiger partial charge in [0, 0.05) is 12.8 Å². The predicted molar refractivity (Wildman–Crippen MR) is 258 cm³/mol. The van der Waals surface area contributed by atoms with Crippen LogP contribution in [0.3, 0.4) is 0 Å². The quantitative estimate of drug-likeness (QED) is 0.0225. The van der Waals surface area contributed by atoms with Crippen LogP contribution in [0.25, 0.3) is 0 Å². The van der Waals surface area contributed by atoms with Crippen molar-refractivity contribution in [3.63, 3.8) is 0 Å². The first-order chi connectivity index (χ1) is 30.0. The molecule has 12 nitrogen and oxygen atoms in total. The molecule has 1 fully saturated rings. The van der Waals surface area contributed by atoms with Gasteiger partial charge >= 0.3 is 23.9 Å². The van der Waals surface area contributed by atoms with Crippen LogP contribution < -0.4 is 0 Å². The van der Waals surface area contributed by atoms with Crippen LogP contribution in [0.4, 0.5) is 0 Å². The maximum Gasteiger partial charge on any atom is 0.317 e. The van der Waals surface area contributed by atoms with Crippen molar-refractivity contribution in [1.82, 2.24) is 0 Å². The molecule has 0 amide bonds. The molecule has 0 aromatic heterocycles. The van der Waals surface area contributed by atoms with Crippen molar-refractivity contribution in [2.24, 2.45) is 11.3 Å². The average molecular weight is 907 g/mol. The van der Waals surface area contributed by atoms with Gasteiger partial charge in [-0.1, -0.05) is 166 Å². The highest BCUT2D eigenvalue weighted by molar-refractivity contribution is 5.78. The van der Waals surface area contributed by atoms with Gasteiger partial charge in [0.1, 0.15) is 51.0 Å². The van der Waals surface area contributed by atoms with Crippen molar-refractivity contribution in [1.29, 1.82) is 0 Å². The van der Waals surface area contributed by atoms with Gasteiger partial charge in [-0.25, -0.2) is 0 Å². The van der Waals surface area contributed by atoms with Crippen LogP contribution >= 0.6 is 0 Å². The molecule has 0 saturated heterocycles. The van der Waals surface area contributed by atoms with Gasteiger partial charge in [0.2, 0.25) is 0 Å². The predicted octanol–water partition coefficient (Wildman–Crippen LogP) is 13.0. The first kappa shape index (κ1) is 69.5. The summed E-state index contributed by atoms with van der Waals surface area (Å²) in [5, 5.41) is 9.82. The van der Waals surface area contributed by atoms with Gasteiger partial charge < -0.3 is 38.3 Å². The number of aliphatic hydroxyl groups is 1. The molecule has 0 aliphatic heterocycles. The normalized spacial score (nSPS) is 15.0. The van der Waals surface area contributed by atoms with Crippen LogP contribution in [0.15, 0.2) is 12.2 Å². The Morgan fingerprint density at radius 3 is 1.44 bits per heavy atom. The molecule has 1 rings (SSSR count). The molecular weight excluding hydrogens is 805 g/mol. The Kier molecular flexibility index (Phi) is 57.5. The van der Waals surface area contributed by atoms with Gasteiger partial charge in [-0.2, -0.15) is 0 Å². The third-order valence-corrected chi connectivity index (χ3v) is 9.68. The van der Waals surface area contributed by atoms with Crippen molar-refractivity contribution < 1.29 is 57.4 Å². The molecule has 1 atom stereocenters. The highest BCUT2D eigenvalue weighted by atomic mass is 16.7. The highest BCUT2D eigenvalue weighted by Crippen LogP contribution is 2.27. The number of allylic oxidation sites excluding steroid dienone is 2. The number of ether oxygens (including phenoxy) is 7. The van der Waals surface area contributed by atoms with E-state index in [9.17, 15) is 24.3 Å². The SMILES string of the molecule is C.C/C=C\C.CC.CC.CC.CCCCCCCCCC(=O)OCC(COC(=O)CCCCCCCCC)OCOCOC1CCC(OC(=O)C(C)(CO)COC(=O)C(C)C)CC1. The zero-order valence-corrected chi connectivity index (χ0v) is 42.3. The topological polar surface area (TPSA) is 153 Å². The van der Waals surface area contributed by atoms with E-state index in [1.54, 1.807) is 13.8 Å². The van der Waals surface area contributed by atoms with Crippen LogP contribution in [0.1, 0.15) is 226 Å². The van der Waals surface area contributed by atoms with Gasteiger partial charge in [-0.05, 0) is 59.3 Å². The lowest BCUT2D eigenvalue weighted by molar-refractivity contribution is -0.190. The lowest BCUT2D eigenvalue weighted by atomic mass is 9.91. The molecule has 0 bridgehead atoms. The molecule has 378 valence electrons. The lowest BCUT2D eigenvalue weighted by Crippen LogP contribution is -2.41. The maximum atomic E-state index is 12.8. The molecule has 1 aliphatic carbocycles. The van der Waals surface area contributed by atoms with E-state index in [0.717, 1.165) is 38.5 Å². The van der Waals surface area contributed by atoms with Crippen LogP contribution in [0.5, 0.6) is 0 Å². The van der Waals surface area contributed by atoms with Crippen molar-refractivity contribution in [3.05, 3.63) is 12.2 Å². The Hall–Kier alpha value is -2.54. The summed E-state index contributed by atoms with van der Waals surface area (Å²) in [4.78, 5) is 49.4. The summed E-state index contributed by atoms with van der Waals surface area (Å²) >= 11 is 0. The number of rotatable bonds is 32. The van der Waals surface area contributed by atoms with E-state index in [1.807, 2.05) is 67.5 Å². The van der Waals surface area contributed by atoms with Crippen molar-refractivity contribution >= 4 is 23.9 Å². The number of carbonyl (C=O) groups excluding carboxylic acids is 4. The molecule has 0 radical (unpaired) electrons. The summed E-state index contributed by atoms with van der Waals surface area (Å²) in [7, 11) is 0. The molecule has 0 aromatic carbocycles. The van der Waals surface area contributed by atoms with E-state index < -0.39 is 30.1 Å². The Labute approximate surface area is 388 Å². The number of carbonyl (C=O) groups is 4. The molecule has 1 saturated carbocycles. The fourth-order valence-electron chi connectivity index (χ4n) is 5.61. The van der Waals surface area contributed by atoms with Gasteiger partial charge in [-0.15, -0.1) is 0 Å². The third-order valence-electron chi connectivity index (χ3n) is 9.68. The number of hydrogen-bond acceptors (Lipinski definition) is 12. The fraction of sp³-hybridized carbons (Fsp3) is 0.882. The molecular formula is C51H102O12. The lowest BCUT2D eigenvalue weighted by Gasteiger charge is -2.31. The summed E-state index contributed by atoms with van der Waals surface area (Å²) in [6, 6.07) is 0. The first-order valence-corrected chi connectivity index (χ1v) is 24.6. The molecule has 1 N–H and O–H groups in total. The molecule has 1 aliphatic rings. The smallest absolute Gasteiger partial charge is 0.317 e. The molecule has 0 heterocycles. The molecule has 0 spiro atoms. The van der Waals surface area contributed by atoms with Crippen LogP contribution in [-0.2, 0) is 52.3 Å². The van der Waals surface area contributed by atoms with Crippen LogP contribution in [-0.4, -0.2) is 87.3 Å². The largest absolute Gasteiger partial charge is 0.464 e. The molecule has 12 heteroatoms.